The maximum Gasteiger partial charge on any atom is 0.128 e. The van der Waals surface area contributed by atoms with Crippen molar-refractivity contribution in [3.63, 3.8) is 0 Å². The molecule has 0 aliphatic carbocycles. The first-order valence-electron chi connectivity index (χ1n) is 5.32. The van der Waals surface area contributed by atoms with Crippen molar-refractivity contribution in [1.82, 2.24) is 9.97 Å². The van der Waals surface area contributed by atoms with Gasteiger partial charge in [-0.3, -0.25) is 0 Å². The molecule has 1 N–H and O–H groups in total. The average Bonchev–Trinajstić information content (AvgIpc) is 2.67. The van der Waals surface area contributed by atoms with Crippen LogP contribution in [-0.4, -0.2) is 16.5 Å². The molecule has 0 fully saturated rings. The Hall–Kier alpha value is -1.42. The summed E-state index contributed by atoms with van der Waals surface area (Å²) in [5.41, 5.74) is 2.28. The van der Waals surface area contributed by atoms with E-state index in [2.05, 4.69) is 33.7 Å². The Kier molecular flexibility index (Phi) is 3.51. The second-order valence-corrected chi connectivity index (χ2v) is 4.67. The molecule has 0 bridgehead atoms. The number of anilines is 1. The third kappa shape index (κ3) is 2.79. The molecule has 0 aliphatic rings. The number of pyridine rings is 1. The quantitative estimate of drug-likeness (QED) is 0.882. The highest BCUT2D eigenvalue weighted by molar-refractivity contribution is 7.09. The van der Waals surface area contributed by atoms with E-state index in [1.54, 1.807) is 11.3 Å². The van der Waals surface area contributed by atoms with Crippen LogP contribution in [0.1, 0.15) is 16.3 Å². The molecule has 0 aliphatic heterocycles. The van der Waals surface area contributed by atoms with Crippen LogP contribution >= 0.6 is 11.3 Å². The summed E-state index contributed by atoms with van der Waals surface area (Å²) in [4.78, 5) is 8.71. The van der Waals surface area contributed by atoms with Crippen molar-refractivity contribution in [3.05, 3.63) is 40.0 Å². The molecule has 2 aromatic rings. The lowest BCUT2D eigenvalue weighted by Gasteiger charge is -2.06. The molecule has 0 unspecified atom stereocenters. The first kappa shape index (κ1) is 11.1. The molecule has 3 nitrogen and oxygen atoms in total. The minimum Gasteiger partial charge on any atom is -0.369 e. The largest absolute Gasteiger partial charge is 0.369 e. The van der Waals surface area contributed by atoms with E-state index in [4.69, 9.17) is 0 Å². The summed E-state index contributed by atoms with van der Waals surface area (Å²) in [5.74, 6) is 0.968. The number of aryl methyl sites for hydroxylation is 2. The zero-order chi connectivity index (χ0) is 11.4. The zero-order valence-corrected chi connectivity index (χ0v) is 10.3. The van der Waals surface area contributed by atoms with Crippen LogP contribution in [0.3, 0.4) is 0 Å². The summed E-state index contributed by atoms with van der Waals surface area (Å²) >= 11 is 1.72. The zero-order valence-electron chi connectivity index (χ0n) is 9.53. The van der Waals surface area contributed by atoms with E-state index in [1.807, 2.05) is 19.2 Å². The van der Waals surface area contributed by atoms with Crippen LogP contribution in [0.5, 0.6) is 0 Å². The fraction of sp³-hybridized carbons (Fsp3) is 0.333. The van der Waals surface area contributed by atoms with Gasteiger partial charge in [-0.05, 0) is 25.5 Å². The second kappa shape index (κ2) is 5.07. The van der Waals surface area contributed by atoms with Crippen LogP contribution in [0.2, 0.25) is 0 Å². The maximum atomic E-state index is 4.42. The molecule has 4 heteroatoms. The number of aromatic nitrogens is 2. The predicted molar refractivity (Wildman–Crippen MR) is 68.0 cm³/mol. The Labute approximate surface area is 99.6 Å². The molecule has 2 heterocycles. The monoisotopic (exact) mass is 233 g/mol. The molecule has 2 aromatic heterocycles. The van der Waals surface area contributed by atoms with E-state index in [0.717, 1.165) is 24.5 Å². The fourth-order valence-electron chi connectivity index (χ4n) is 1.48. The van der Waals surface area contributed by atoms with Crippen LogP contribution < -0.4 is 5.32 Å². The van der Waals surface area contributed by atoms with Crippen molar-refractivity contribution in [2.75, 3.05) is 11.9 Å². The number of hydrogen-bond acceptors (Lipinski definition) is 4. The maximum absolute atomic E-state index is 4.42. The molecular formula is C12H15N3S. The smallest absolute Gasteiger partial charge is 0.128 e. The number of rotatable bonds is 4. The van der Waals surface area contributed by atoms with Gasteiger partial charge in [0, 0.05) is 30.2 Å². The summed E-state index contributed by atoms with van der Waals surface area (Å²) in [6, 6.07) is 4.01. The molecule has 0 radical (unpaired) electrons. The van der Waals surface area contributed by atoms with Crippen molar-refractivity contribution >= 4 is 17.2 Å². The van der Waals surface area contributed by atoms with E-state index >= 15 is 0 Å². The first-order valence-corrected chi connectivity index (χ1v) is 6.20. The van der Waals surface area contributed by atoms with E-state index in [-0.39, 0.29) is 0 Å². The van der Waals surface area contributed by atoms with Crippen LogP contribution in [0.15, 0.2) is 23.7 Å². The number of hydrogen-bond donors (Lipinski definition) is 1. The van der Waals surface area contributed by atoms with Gasteiger partial charge in [0.2, 0.25) is 0 Å². The van der Waals surface area contributed by atoms with Gasteiger partial charge < -0.3 is 5.32 Å². The molecule has 0 saturated heterocycles. The van der Waals surface area contributed by atoms with Crippen LogP contribution in [0.4, 0.5) is 5.82 Å². The lowest BCUT2D eigenvalue weighted by molar-refractivity contribution is 0.974. The van der Waals surface area contributed by atoms with Crippen molar-refractivity contribution in [1.29, 1.82) is 0 Å². The van der Waals surface area contributed by atoms with Crippen LogP contribution in [-0.2, 0) is 6.42 Å². The van der Waals surface area contributed by atoms with Gasteiger partial charge in [-0.2, -0.15) is 0 Å². The van der Waals surface area contributed by atoms with Crippen molar-refractivity contribution in [3.8, 4) is 0 Å². The van der Waals surface area contributed by atoms with Crippen LogP contribution in [0, 0.1) is 13.8 Å². The number of nitrogens with zero attached hydrogens (tertiary/aromatic N) is 2. The number of thiazole rings is 1. The van der Waals surface area contributed by atoms with E-state index in [9.17, 15) is 0 Å². The van der Waals surface area contributed by atoms with Crippen molar-refractivity contribution in [2.24, 2.45) is 0 Å². The lowest BCUT2D eigenvalue weighted by Crippen LogP contribution is -2.07. The summed E-state index contributed by atoms with van der Waals surface area (Å²) in [6.07, 6.45) is 2.76. The molecule has 0 aromatic carbocycles. The minimum atomic E-state index is 0.880. The third-order valence-corrected chi connectivity index (χ3v) is 3.33. The molecular weight excluding hydrogens is 218 g/mol. The van der Waals surface area contributed by atoms with Gasteiger partial charge in [-0.25, -0.2) is 9.97 Å². The Morgan fingerprint density at radius 2 is 2.25 bits per heavy atom. The Bertz CT molecular complexity index is 465. The predicted octanol–water partition coefficient (Wildman–Crippen LogP) is 2.81. The standard InChI is InChI=1S/C12H15N3S/c1-9-4-3-6-13-12(9)14-7-5-11-15-10(2)8-16-11/h3-4,6,8H,5,7H2,1-2H3,(H,13,14). The lowest BCUT2D eigenvalue weighted by atomic mass is 10.3. The highest BCUT2D eigenvalue weighted by Gasteiger charge is 2.00. The topological polar surface area (TPSA) is 37.8 Å². The molecule has 0 saturated carbocycles. The van der Waals surface area contributed by atoms with Crippen molar-refractivity contribution in [2.45, 2.75) is 20.3 Å². The highest BCUT2D eigenvalue weighted by atomic mass is 32.1. The van der Waals surface area contributed by atoms with Gasteiger partial charge >= 0.3 is 0 Å². The molecule has 0 spiro atoms. The van der Waals surface area contributed by atoms with Gasteiger partial charge in [-0.15, -0.1) is 11.3 Å². The van der Waals surface area contributed by atoms with E-state index in [0.29, 0.717) is 0 Å². The van der Waals surface area contributed by atoms with Gasteiger partial charge in [-0.1, -0.05) is 6.07 Å². The SMILES string of the molecule is Cc1csc(CCNc2ncccc2C)n1. The minimum absolute atomic E-state index is 0.880. The number of nitrogens with one attached hydrogen (secondary N) is 1. The Morgan fingerprint density at radius 3 is 2.94 bits per heavy atom. The molecule has 84 valence electrons. The van der Waals surface area contributed by atoms with Gasteiger partial charge in [0.1, 0.15) is 5.82 Å². The fourth-order valence-corrected chi connectivity index (χ4v) is 2.25. The molecule has 0 amide bonds. The van der Waals surface area contributed by atoms with E-state index < -0.39 is 0 Å². The van der Waals surface area contributed by atoms with E-state index in [1.165, 1.54) is 10.6 Å². The second-order valence-electron chi connectivity index (χ2n) is 3.73. The molecule has 0 atom stereocenters. The van der Waals surface area contributed by atoms with Gasteiger partial charge in [0.25, 0.3) is 0 Å². The summed E-state index contributed by atoms with van der Waals surface area (Å²) in [5, 5.41) is 6.59. The van der Waals surface area contributed by atoms with Crippen molar-refractivity contribution < 1.29 is 0 Å². The first-order chi connectivity index (χ1) is 7.75. The normalized spacial score (nSPS) is 10.4. The van der Waals surface area contributed by atoms with Gasteiger partial charge in [0.05, 0.1) is 5.01 Å². The Balaban J connectivity index is 1.87. The third-order valence-electron chi connectivity index (χ3n) is 2.31. The highest BCUT2D eigenvalue weighted by Crippen LogP contribution is 2.11. The van der Waals surface area contributed by atoms with Gasteiger partial charge in [0.15, 0.2) is 0 Å². The summed E-state index contributed by atoms with van der Waals surface area (Å²) in [6.45, 7) is 4.96. The average molecular weight is 233 g/mol. The summed E-state index contributed by atoms with van der Waals surface area (Å²) in [7, 11) is 0. The molecule has 2 rings (SSSR count). The summed E-state index contributed by atoms with van der Waals surface area (Å²) < 4.78 is 0. The Morgan fingerprint density at radius 1 is 1.38 bits per heavy atom. The van der Waals surface area contributed by atoms with Crippen LogP contribution in [0.25, 0.3) is 0 Å². The molecule has 16 heavy (non-hydrogen) atoms.